The number of hydrogen-bond donors (Lipinski definition) is 0. The summed E-state index contributed by atoms with van der Waals surface area (Å²) in [5, 5.41) is 0. The Hall–Kier alpha value is -1.81. The summed E-state index contributed by atoms with van der Waals surface area (Å²) in [7, 11) is 0. The van der Waals surface area contributed by atoms with Gasteiger partial charge in [0.15, 0.2) is 0 Å². The van der Waals surface area contributed by atoms with E-state index in [0.717, 1.165) is 35.0 Å². The van der Waals surface area contributed by atoms with Gasteiger partial charge in [0, 0.05) is 10.5 Å². The third-order valence-electron chi connectivity index (χ3n) is 4.53. The number of carbonyl (C=O) groups excluding carboxylic acids is 1. The highest BCUT2D eigenvalue weighted by Gasteiger charge is 2.31. The Morgan fingerprint density at radius 1 is 1.29 bits per heavy atom. The molecule has 1 heterocycles. The Bertz CT molecular complexity index is 713. The van der Waals surface area contributed by atoms with Crippen LogP contribution in [0.15, 0.2) is 46.9 Å². The number of aryl methyl sites for hydroxylation is 2. The maximum absolute atomic E-state index is 12.8. The quantitative estimate of drug-likeness (QED) is 0.696. The fourth-order valence-corrected chi connectivity index (χ4v) is 3.81. The van der Waals surface area contributed by atoms with Crippen LogP contribution in [0, 0.1) is 0 Å². The second-order valence-electron chi connectivity index (χ2n) is 6.22. The molecule has 1 aliphatic rings. The van der Waals surface area contributed by atoms with Crippen molar-refractivity contribution in [2.24, 2.45) is 0 Å². The van der Waals surface area contributed by atoms with Gasteiger partial charge >= 0.3 is 6.09 Å². The summed E-state index contributed by atoms with van der Waals surface area (Å²) in [4.78, 5) is 14.6. The SMILES string of the molecule is CCc1cc(Br)cc2c1N(C(=O)OCc1ccccc1)C(C)CC2. The molecule has 0 radical (unpaired) electrons. The number of anilines is 1. The molecule has 1 amide bonds. The molecule has 2 aromatic carbocycles. The molecule has 0 N–H and O–H groups in total. The van der Waals surface area contributed by atoms with E-state index in [2.05, 4.69) is 41.9 Å². The molecule has 0 saturated carbocycles. The second-order valence-corrected chi connectivity index (χ2v) is 7.14. The van der Waals surface area contributed by atoms with Crippen molar-refractivity contribution in [2.75, 3.05) is 4.90 Å². The van der Waals surface area contributed by atoms with Crippen molar-refractivity contribution in [1.82, 2.24) is 0 Å². The van der Waals surface area contributed by atoms with E-state index in [1.54, 1.807) is 0 Å². The summed E-state index contributed by atoms with van der Waals surface area (Å²) >= 11 is 3.58. The lowest BCUT2D eigenvalue weighted by Crippen LogP contribution is -2.43. The van der Waals surface area contributed by atoms with Gasteiger partial charge in [-0.05, 0) is 55.0 Å². The molecule has 2 aromatic rings. The summed E-state index contributed by atoms with van der Waals surface area (Å²) in [6.45, 7) is 4.51. The zero-order valence-electron chi connectivity index (χ0n) is 14.1. The minimum absolute atomic E-state index is 0.146. The largest absolute Gasteiger partial charge is 0.444 e. The van der Waals surface area contributed by atoms with Gasteiger partial charge in [0.2, 0.25) is 0 Å². The summed E-state index contributed by atoms with van der Waals surface area (Å²) in [5.41, 5.74) is 4.44. The van der Waals surface area contributed by atoms with E-state index >= 15 is 0 Å². The van der Waals surface area contributed by atoms with Gasteiger partial charge in [0.05, 0.1) is 5.69 Å². The van der Waals surface area contributed by atoms with Crippen LogP contribution in [-0.4, -0.2) is 12.1 Å². The number of ether oxygens (including phenoxy) is 1. The molecule has 0 aromatic heterocycles. The van der Waals surface area contributed by atoms with Gasteiger partial charge in [0.25, 0.3) is 0 Å². The molecule has 0 saturated heterocycles. The fraction of sp³-hybridized carbons (Fsp3) is 0.350. The zero-order valence-corrected chi connectivity index (χ0v) is 15.7. The topological polar surface area (TPSA) is 29.5 Å². The number of nitrogens with zero attached hydrogens (tertiary/aromatic N) is 1. The van der Waals surface area contributed by atoms with E-state index in [0.29, 0.717) is 6.61 Å². The Morgan fingerprint density at radius 3 is 2.75 bits per heavy atom. The Balaban J connectivity index is 1.86. The van der Waals surface area contributed by atoms with Crippen LogP contribution in [0.4, 0.5) is 10.5 Å². The average Bonchev–Trinajstić information content (AvgIpc) is 2.60. The number of halogens is 1. The van der Waals surface area contributed by atoms with Crippen molar-refractivity contribution in [1.29, 1.82) is 0 Å². The Morgan fingerprint density at radius 2 is 2.04 bits per heavy atom. The van der Waals surface area contributed by atoms with Crippen LogP contribution < -0.4 is 4.90 Å². The fourth-order valence-electron chi connectivity index (χ4n) is 3.26. The predicted octanol–water partition coefficient (Wildman–Crippen LogP) is 5.49. The summed E-state index contributed by atoms with van der Waals surface area (Å²) in [6, 6.07) is 14.2. The molecule has 0 spiro atoms. The molecule has 3 rings (SSSR count). The number of fused-ring (bicyclic) bond motifs is 1. The van der Waals surface area contributed by atoms with E-state index in [1.807, 2.05) is 35.2 Å². The number of rotatable bonds is 3. The monoisotopic (exact) mass is 387 g/mol. The van der Waals surface area contributed by atoms with Crippen LogP contribution in [0.1, 0.15) is 37.0 Å². The van der Waals surface area contributed by atoms with Gasteiger partial charge in [-0.15, -0.1) is 0 Å². The summed E-state index contributed by atoms with van der Waals surface area (Å²) in [6.07, 6.45) is 2.57. The first-order valence-electron chi connectivity index (χ1n) is 8.41. The van der Waals surface area contributed by atoms with Crippen LogP contribution in [0.5, 0.6) is 0 Å². The molecule has 1 aliphatic heterocycles. The third-order valence-corrected chi connectivity index (χ3v) is 4.99. The molecule has 4 heteroatoms. The van der Waals surface area contributed by atoms with Gasteiger partial charge in [-0.25, -0.2) is 4.79 Å². The summed E-state index contributed by atoms with van der Waals surface area (Å²) < 4.78 is 6.67. The van der Waals surface area contributed by atoms with Gasteiger partial charge in [-0.1, -0.05) is 53.2 Å². The van der Waals surface area contributed by atoms with Crippen molar-refractivity contribution in [3.8, 4) is 0 Å². The van der Waals surface area contributed by atoms with Crippen molar-refractivity contribution < 1.29 is 9.53 Å². The maximum atomic E-state index is 12.8. The standard InChI is InChI=1S/C20H22BrNO2/c1-3-16-11-18(21)12-17-10-9-14(2)22(19(16)17)20(23)24-13-15-7-5-4-6-8-15/h4-8,11-12,14H,3,9-10,13H2,1-2H3. The first-order chi connectivity index (χ1) is 11.6. The highest BCUT2D eigenvalue weighted by atomic mass is 79.9. The molecule has 0 fully saturated rings. The zero-order chi connectivity index (χ0) is 17.1. The normalized spacial score (nSPS) is 16.6. The molecule has 3 nitrogen and oxygen atoms in total. The highest BCUT2D eigenvalue weighted by molar-refractivity contribution is 9.10. The van der Waals surface area contributed by atoms with Crippen LogP contribution in [0.3, 0.4) is 0 Å². The van der Waals surface area contributed by atoms with E-state index in [1.165, 1.54) is 11.1 Å². The molecule has 1 unspecified atom stereocenters. The molecule has 0 aliphatic carbocycles. The molecular weight excluding hydrogens is 366 g/mol. The number of hydrogen-bond acceptors (Lipinski definition) is 2. The van der Waals surface area contributed by atoms with E-state index in [4.69, 9.17) is 4.74 Å². The number of benzene rings is 2. The van der Waals surface area contributed by atoms with Crippen molar-refractivity contribution in [3.05, 3.63) is 63.6 Å². The van der Waals surface area contributed by atoms with E-state index in [9.17, 15) is 4.79 Å². The number of carbonyl (C=O) groups is 1. The predicted molar refractivity (Wildman–Crippen MR) is 100 cm³/mol. The Kier molecular flexibility index (Phi) is 5.24. The molecule has 0 bridgehead atoms. The van der Waals surface area contributed by atoms with Crippen molar-refractivity contribution >= 4 is 27.7 Å². The molecule has 24 heavy (non-hydrogen) atoms. The second kappa shape index (κ2) is 7.39. The van der Waals surface area contributed by atoms with Crippen molar-refractivity contribution in [2.45, 2.75) is 45.8 Å². The lowest BCUT2D eigenvalue weighted by molar-refractivity contribution is 0.144. The first-order valence-corrected chi connectivity index (χ1v) is 9.20. The van der Waals surface area contributed by atoms with E-state index < -0.39 is 0 Å². The van der Waals surface area contributed by atoms with Crippen molar-refractivity contribution in [3.63, 3.8) is 0 Å². The van der Waals surface area contributed by atoms with Crippen LogP contribution in [0.25, 0.3) is 0 Å². The van der Waals surface area contributed by atoms with Crippen LogP contribution in [0.2, 0.25) is 0 Å². The molecular formula is C20H22BrNO2. The lowest BCUT2D eigenvalue weighted by atomic mass is 9.93. The lowest BCUT2D eigenvalue weighted by Gasteiger charge is -2.36. The Labute approximate surface area is 151 Å². The highest BCUT2D eigenvalue weighted by Crippen LogP contribution is 2.37. The smallest absolute Gasteiger partial charge is 0.414 e. The first kappa shape index (κ1) is 17.0. The van der Waals surface area contributed by atoms with Gasteiger partial charge < -0.3 is 4.74 Å². The maximum Gasteiger partial charge on any atom is 0.414 e. The molecule has 1 atom stereocenters. The minimum atomic E-state index is -0.260. The van der Waals surface area contributed by atoms with Gasteiger partial charge in [0.1, 0.15) is 6.61 Å². The van der Waals surface area contributed by atoms with E-state index in [-0.39, 0.29) is 12.1 Å². The minimum Gasteiger partial charge on any atom is -0.444 e. The van der Waals surface area contributed by atoms with Crippen LogP contribution in [-0.2, 0) is 24.2 Å². The average molecular weight is 388 g/mol. The van der Waals surface area contributed by atoms with Crippen LogP contribution >= 0.6 is 15.9 Å². The number of amides is 1. The van der Waals surface area contributed by atoms with Gasteiger partial charge in [-0.3, -0.25) is 4.90 Å². The van der Waals surface area contributed by atoms with Gasteiger partial charge in [-0.2, -0.15) is 0 Å². The summed E-state index contributed by atoms with van der Waals surface area (Å²) in [5.74, 6) is 0. The third kappa shape index (κ3) is 3.48. The molecule has 126 valence electrons.